The molecule has 1 saturated heterocycles. The number of aromatic nitrogens is 1. The number of hydrogen-bond donors (Lipinski definition) is 1. The van der Waals surface area contributed by atoms with Crippen LogP contribution in [0.4, 0.5) is 13.2 Å². The molecule has 1 N–H and O–H groups in total. The number of piperidine rings is 1. The van der Waals surface area contributed by atoms with E-state index in [1.54, 1.807) is 17.5 Å². The second-order valence-corrected chi connectivity index (χ2v) is 7.38. The number of ether oxygens (including phenoxy) is 1. The number of thiazole rings is 1. The van der Waals surface area contributed by atoms with Crippen LogP contribution in [-0.2, 0) is 11.3 Å². The molecule has 1 atom stereocenters. The zero-order valence-electron chi connectivity index (χ0n) is 13.3. The molecule has 24 heavy (non-hydrogen) atoms. The Morgan fingerprint density at radius 3 is 2.75 bits per heavy atom. The van der Waals surface area contributed by atoms with Gasteiger partial charge in [-0.25, -0.2) is 4.98 Å². The lowest BCUT2D eigenvalue weighted by Gasteiger charge is -2.29. The van der Waals surface area contributed by atoms with Crippen molar-refractivity contribution in [3.63, 3.8) is 0 Å². The minimum absolute atomic E-state index is 0. The highest BCUT2D eigenvalue weighted by Gasteiger charge is 2.56. The summed E-state index contributed by atoms with van der Waals surface area (Å²) in [6, 6.07) is 0.447. The minimum Gasteiger partial charge on any atom is -0.371 e. The summed E-state index contributed by atoms with van der Waals surface area (Å²) in [6.07, 6.45) is 0.950. The van der Waals surface area contributed by atoms with Crippen molar-refractivity contribution < 1.29 is 17.9 Å². The highest BCUT2D eigenvalue weighted by atomic mass is 35.5. The fourth-order valence-corrected chi connectivity index (χ4v) is 4.17. The SMILES string of the molecule is Cl.FC(F)(F)COCCN(Cc1nccs1)C1CC12CCNCC2. The van der Waals surface area contributed by atoms with E-state index in [9.17, 15) is 13.2 Å². The molecule has 0 amide bonds. The predicted octanol–water partition coefficient (Wildman–Crippen LogP) is 3.09. The standard InChI is InChI=1S/C15H22F3N3OS.ClH/c16-15(17,18)11-22-7-6-21(10-13-20-5-8-23-13)12-9-14(12)1-3-19-4-2-14;/h5,8,12,19H,1-4,6-7,9-11H2;1H. The van der Waals surface area contributed by atoms with Crippen LogP contribution in [0.15, 0.2) is 11.6 Å². The third kappa shape index (κ3) is 5.29. The van der Waals surface area contributed by atoms with Gasteiger partial charge >= 0.3 is 6.18 Å². The van der Waals surface area contributed by atoms with Crippen LogP contribution >= 0.6 is 23.7 Å². The molecule has 0 aromatic carbocycles. The van der Waals surface area contributed by atoms with Crippen molar-refractivity contribution in [3.8, 4) is 0 Å². The van der Waals surface area contributed by atoms with Crippen LogP contribution in [-0.4, -0.2) is 55.0 Å². The number of nitrogens with zero attached hydrogens (tertiary/aromatic N) is 2. The molecule has 1 unspecified atom stereocenters. The number of rotatable bonds is 7. The van der Waals surface area contributed by atoms with Crippen molar-refractivity contribution in [2.24, 2.45) is 5.41 Å². The maximum Gasteiger partial charge on any atom is 0.411 e. The molecule has 2 aliphatic rings. The second-order valence-electron chi connectivity index (χ2n) is 6.40. The van der Waals surface area contributed by atoms with Crippen LogP contribution in [0, 0.1) is 5.41 Å². The number of hydrogen-bond acceptors (Lipinski definition) is 5. The van der Waals surface area contributed by atoms with Gasteiger partial charge in [0.15, 0.2) is 0 Å². The summed E-state index contributed by atoms with van der Waals surface area (Å²) in [6.45, 7) is 2.23. The molecule has 1 aromatic heterocycles. The van der Waals surface area contributed by atoms with E-state index in [4.69, 9.17) is 4.74 Å². The maximum absolute atomic E-state index is 12.2. The van der Waals surface area contributed by atoms with Gasteiger partial charge in [0.05, 0.1) is 13.2 Å². The Hall–Kier alpha value is -0.410. The van der Waals surface area contributed by atoms with Gasteiger partial charge in [-0.1, -0.05) is 0 Å². The molecule has 4 nitrogen and oxygen atoms in total. The molecule has 3 rings (SSSR count). The molecule has 9 heteroatoms. The smallest absolute Gasteiger partial charge is 0.371 e. The normalized spacial score (nSPS) is 22.6. The van der Waals surface area contributed by atoms with Gasteiger partial charge < -0.3 is 10.1 Å². The Kier molecular flexibility index (Phi) is 6.90. The van der Waals surface area contributed by atoms with Gasteiger partial charge in [0.25, 0.3) is 0 Å². The molecule has 2 fully saturated rings. The maximum atomic E-state index is 12.2. The quantitative estimate of drug-likeness (QED) is 0.732. The molecular weight excluding hydrogens is 363 g/mol. The third-order valence-electron chi connectivity index (χ3n) is 4.80. The molecule has 1 spiro atoms. The van der Waals surface area contributed by atoms with Crippen LogP contribution in [0.25, 0.3) is 0 Å². The first-order chi connectivity index (χ1) is 11.0. The van der Waals surface area contributed by atoms with Gasteiger partial charge in [0.1, 0.15) is 11.6 Å². The molecule has 1 saturated carbocycles. The molecule has 2 heterocycles. The van der Waals surface area contributed by atoms with E-state index in [1.165, 1.54) is 0 Å². The topological polar surface area (TPSA) is 37.4 Å². The van der Waals surface area contributed by atoms with Gasteiger partial charge in [-0.3, -0.25) is 4.90 Å². The molecule has 138 valence electrons. The van der Waals surface area contributed by atoms with Crippen LogP contribution in [0.2, 0.25) is 0 Å². The Bertz CT molecular complexity index is 495. The Morgan fingerprint density at radius 2 is 2.12 bits per heavy atom. The fourth-order valence-electron chi connectivity index (χ4n) is 3.52. The van der Waals surface area contributed by atoms with Gasteiger partial charge in [-0.2, -0.15) is 13.2 Å². The van der Waals surface area contributed by atoms with Gasteiger partial charge in [0, 0.05) is 24.2 Å². The van der Waals surface area contributed by atoms with Gasteiger partial charge in [-0.05, 0) is 37.8 Å². The number of nitrogens with one attached hydrogen (secondary N) is 1. The number of halogens is 4. The van der Waals surface area contributed by atoms with E-state index >= 15 is 0 Å². The van der Waals surface area contributed by atoms with Crippen molar-refractivity contribution in [1.82, 2.24) is 15.2 Å². The van der Waals surface area contributed by atoms with E-state index in [0.29, 0.717) is 24.5 Å². The summed E-state index contributed by atoms with van der Waals surface area (Å²) in [5, 5.41) is 6.32. The summed E-state index contributed by atoms with van der Waals surface area (Å²) >= 11 is 1.59. The summed E-state index contributed by atoms with van der Waals surface area (Å²) in [7, 11) is 0. The van der Waals surface area contributed by atoms with Crippen molar-refractivity contribution in [2.75, 3.05) is 32.8 Å². The van der Waals surface area contributed by atoms with E-state index in [-0.39, 0.29) is 19.0 Å². The lowest BCUT2D eigenvalue weighted by Crippen LogP contribution is -2.37. The first kappa shape index (κ1) is 19.9. The van der Waals surface area contributed by atoms with E-state index < -0.39 is 12.8 Å². The molecular formula is C15H23ClF3N3OS. The molecule has 1 aliphatic heterocycles. The van der Waals surface area contributed by atoms with Crippen LogP contribution in [0.3, 0.4) is 0 Å². The monoisotopic (exact) mass is 385 g/mol. The Labute approximate surface area is 150 Å². The molecule has 1 aliphatic carbocycles. The van der Waals surface area contributed by atoms with E-state index in [2.05, 4.69) is 15.2 Å². The van der Waals surface area contributed by atoms with Crippen molar-refractivity contribution in [3.05, 3.63) is 16.6 Å². The van der Waals surface area contributed by atoms with E-state index in [0.717, 1.165) is 37.4 Å². The second kappa shape index (κ2) is 8.31. The fraction of sp³-hybridized carbons (Fsp3) is 0.800. The Morgan fingerprint density at radius 1 is 1.38 bits per heavy atom. The summed E-state index contributed by atoms with van der Waals surface area (Å²) < 4.78 is 41.4. The summed E-state index contributed by atoms with van der Waals surface area (Å²) in [4.78, 5) is 6.58. The highest BCUT2D eigenvalue weighted by Crippen LogP contribution is 2.55. The molecule has 1 aromatic rings. The zero-order chi connectivity index (χ0) is 16.3. The lowest BCUT2D eigenvalue weighted by atomic mass is 9.93. The number of alkyl halides is 3. The van der Waals surface area contributed by atoms with Crippen molar-refractivity contribution >= 4 is 23.7 Å². The largest absolute Gasteiger partial charge is 0.411 e. The summed E-state index contributed by atoms with van der Waals surface area (Å²) in [5.74, 6) is 0. The van der Waals surface area contributed by atoms with Gasteiger partial charge in [0.2, 0.25) is 0 Å². The average molecular weight is 386 g/mol. The minimum atomic E-state index is -4.25. The van der Waals surface area contributed by atoms with Crippen LogP contribution in [0.1, 0.15) is 24.3 Å². The van der Waals surface area contributed by atoms with Gasteiger partial charge in [-0.15, -0.1) is 23.7 Å². The summed E-state index contributed by atoms with van der Waals surface area (Å²) in [5.41, 5.74) is 0.354. The lowest BCUT2D eigenvalue weighted by molar-refractivity contribution is -0.174. The third-order valence-corrected chi connectivity index (χ3v) is 5.56. The first-order valence-corrected chi connectivity index (χ1v) is 8.84. The molecule has 0 bridgehead atoms. The van der Waals surface area contributed by atoms with E-state index in [1.807, 2.05) is 5.38 Å². The van der Waals surface area contributed by atoms with Crippen LogP contribution in [0.5, 0.6) is 0 Å². The Balaban J connectivity index is 0.00000208. The average Bonchev–Trinajstić information content (AvgIpc) is 2.95. The molecule has 0 radical (unpaired) electrons. The predicted molar refractivity (Wildman–Crippen MR) is 89.6 cm³/mol. The van der Waals surface area contributed by atoms with Crippen LogP contribution < -0.4 is 5.32 Å². The first-order valence-electron chi connectivity index (χ1n) is 7.96. The van der Waals surface area contributed by atoms with Crippen molar-refractivity contribution in [2.45, 2.75) is 38.0 Å². The zero-order valence-corrected chi connectivity index (χ0v) is 15.0. The highest BCUT2D eigenvalue weighted by molar-refractivity contribution is 7.09. The van der Waals surface area contributed by atoms with Crippen molar-refractivity contribution in [1.29, 1.82) is 0 Å².